The van der Waals surface area contributed by atoms with Gasteiger partial charge < -0.3 is 14.8 Å². The number of ether oxygens (including phenoxy) is 2. The van der Waals surface area contributed by atoms with E-state index in [1.165, 1.54) is 19.2 Å². The lowest BCUT2D eigenvalue weighted by Crippen LogP contribution is -2.22. The van der Waals surface area contributed by atoms with Crippen LogP contribution in [0.1, 0.15) is 20.7 Å². The van der Waals surface area contributed by atoms with E-state index >= 15 is 0 Å². The fourth-order valence-corrected chi connectivity index (χ4v) is 2.17. The molecule has 0 aromatic heterocycles. The number of halogens is 2. The zero-order valence-electron chi connectivity index (χ0n) is 13.0. The van der Waals surface area contributed by atoms with Gasteiger partial charge in [-0.15, -0.1) is 0 Å². The molecule has 130 valence electrons. The molecule has 2 aromatic rings. The highest BCUT2D eigenvalue weighted by molar-refractivity contribution is 6.33. The molecule has 0 bridgehead atoms. The van der Waals surface area contributed by atoms with Crippen LogP contribution < -0.4 is 5.32 Å². The lowest BCUT2D eigenvalue weighted by molar-refractivity contribution is -0.119. The topological polar surface area (TPSA) is 81.7 Å². The Labute approximate surface area is 147 Å². The first-order chi connectivity index (χ1) is 11.9. The molecular formula is C17H13ClFNO5. The van der Waals surface area contributed by atoms with Crippen molar-refractivity contribution in [2.75, 3.05) is 19.0 Å². The average Bonchev–Trinajstić information content (AvgIpc) is 2.59. The molecule has 1 amide bonds. The maximum absolute atomic E-state index is 13.0. The number of esters is 2. The minimum atomic E-state index is -0.874. The summed E-state index contributed by atoms with van der Waals surface area (Å²) in [4.78, 5) is 35.4. The quantitative estimate of drug-likeness (QED) is 0.823. The number of anilines is 1. The van der Waals surface area contributed by atoms with E-state index in [2.05, 4.69) is 10.1 Å². The van der Waals surface area contributed by atoms with Crippen LogP contribution in [0, 0.1) is 5.82 Å². The molecular weight excluding hydrogens is 353 g/mol. The van der Waals surface area contributed by atoms with Crippen LogP contribution in [0.5, 0.6) is 0 Å². The van der Waals surface area contributed by atoms with E-state index in [9.17, 15) is 18.8 Å². The van der Waals surface area contributed by atoms with Gasteiger partial charge in [0.15, 0.2) is 6.61 Å². The minimum absolute atomic E-state index is 0.0640. The second-order valence-electron chi connectivity index (χ2n) is 4.79. The standard InChI is InChI=1S/C17H13ClFNO5/c1-24-16(22)12-4-2-3-5-14(12)20-15(21)9-25-17(23)11-7-6-10(19)8-13(11)18/h2-8H,9H2,1H3,(H,20,21). The summed E-state index contributed by atoms with van der Waals surface area (Å²) in [5, 5.41) is 2.32. The molecule has 0 unspecified atom stereocenters. The number of hydrogen-bond donors (Lipinski definition) is 1. The average molecular weight is 366 g/mol. The fraction of sp³-hybridized carbons (Fsp3) is 0.118. The predicted molar refractivity (Wildman–Crippen MR) is 88.1 cm³/mol. The molecule has 1 N–H and O–H groups in total. The van der Waals surface area contributed by atoms with Gasteiger partial charge in [-0.3, -0.25) is 4.79 Å². The molecule has 0 aliphatic heterocycles. The van der Waals surface area contributed by atoms with E-state index < -0.39 is 30.3 Å². The van der Waals surface area contributed by atoms with Crippen LogP contribution >= 0.6 is 11.6 Å². The first-order valence-electron chi connectivity index (χ1n) is 7.01. The Morgan fingerprint density at radius 3 is 2.48 bits per heavy atom. The summed E-state index contributed by atoms with van der Waals surface area (Å²) in [6.07, 6.45) is 0. The van der Waals surface area contributed by atoms with Gasteiger partial charge in [0.1, 0.15) is 5.82 Å². The van der Waals surface area contributed by atoms with E-state index in [0.29, 0.717) is 0 Å². The number of amides is 1. The molecule has 0 spiro atoms. The van der Waals surface area contributed by atoms with Crippen LogP contribution in [-0.2, 0) is 14.3 Å². The molecule has 0 aliphatic carbocycles. The SMILES string of the molecule is COC(=O)c1ccccc1NC(=O)COC(=O)c1ccc(F)cc1Cl. The van der Waals surface area contributed by atoms with Crippen molar-refractivity contribution in [2.45, 2.75) is 0 Å². The van der Waals surface area contributed by atoms with Gasteiger partial charge >= 0.3 is 11.9 Å². The number of rotatable bonds is 5. The van der Waals surface area contributed by atoms with Crippen LogP contribution in [-0.4, -0.2) is 31.6 Å². The number of para-hydroxylation sites is 1. The summed E-state index contributed by atoms with van der Waals surface area (Å²) in [5.74, 6) is -2.76. The van der Waals surface area contributed by atoms with Crippen molar-refractivity contribution in [3.05, 3.63) is 64.4 Å². The molecule has 0 atom stereocenters. The molecule has 0 saturated heterocycles. The lowest BCUT2D eigenvalue weighted by atomic mass is 10.2. The molecule has 6 nitrogen and oxygen atoms in total. The van der Waals surface area contributed by atoms with Gasteiger partial charge in [-0.1, -0.05) is 23.7 Å². The lowest BCUT2D eigenvalue weighted by Gasteiger charge is -2.10. The second kappa shape index (κ2) is 8.25. The summed E-state index contributed by atoms with van der Waals surface area (Å²) in [7, 11) is 1.22. The first-order valence-corrected chi connectivity index (χ1v) is 7.39. The van der Waals surface area contributed by atoms with Crippen LogP contribution in [0.15, 0.2) is 42.5 Å². The van der Waals surface area contributed by atoms with Crippen molar-refractivity contribution in [2.24, 2.45) is 0 Å². The maximum Gasteiger partial charge on any atom is 0.340 e. The Kier molecular flexibility index (Phi) is 6.08. The van der Waals surface area contributed by atoms with E-state index in [0.717, 1.165) is 18.2 Å². The van der Waals surface area contributed by atoms with E-state index in [1.54, 1.807) is 12.1 Å². The van der Waals surface area contributed by atoms with Crippen molar-refractivity contribution in [1.82, 2.24) is 0 Å². The van der Waals surface area contributed by atoms with Gasteiger partial charge in [-0.2, -0.15) is 0 Å². The molecule has 8 heteroatoms. The third-order valence-electron chi connectivity index (χ3n) is 3.09. The molecule has 2 aromatic carbocycles. The molecule has 0 saturated carbocycles. The number of nitrogens with one attached hydrogen (secondary N) is 1. The van der Waals surface area contributed by atoms with E-state index in [4.69, 9.17) is 16.3 Å². The van der Waals surface area contributed by atoms with Crippen molar-refractivity contribution < 1.29 is 28.2 Å². The summed E-state index contributed by atoms with van der Waals surface area (Å²) in [5.41, 5.74) is 0.312. The molecule has 2 rings (SSSR count). The largest absolute Gasteiger partial charge is 0.465 e. The highest BCUT2D eigenvalue weighted by Gasteiger charge is 2.16. The maximum atomic E-state index is 13.0. The van der Waals surface area contributed by atoms with Crippen LogP contribution in [0.25, 0.3) is 0 Å². The smallest absolute Gasteiger partial charge is 0.340 e. The van der Waals surface area contributed by atoms with Crippen LogP contribution in [0.4, 0.5) is 10.1 Å². The summed E-state index contributed by atoms with van der Waals surface area (Å²) in [6, 6.07) is 9.38. The highest BCUT2D eigenvalue weighted by Crippen LogP contribution is 2.19. The van der Waals surface area contributed by atoms with Crippen LogP contribution in [0.3, 0.4) is 0 Å². The van der Waals surface area contributed by atoms with Gasteiger partial charge in [0.2, 0.25) is 0 Å². The Balaban J connectivity index is 1.99. The Morgan fingerprint density at radius 2 is 1.80 bits per heavy atom. The number of carbonyl (C=O) groups is 3. The molecule has 0 aliphatic rings. The summed E-state index contributed by atoms with van der Waals surface area (Å²) >= 11 is 5.75. The molecule has 25 heavy (non-hydrogen) atoms. The number of carbonyl (C=O) groups excluding carboxylic acids is 3. The Hall–Kier alpha value is -2.93. The van der Waals surface area contributed by atoms with Gasteiger partial charge in [-0.05, 0) is 30.3 Å². The monoisotopic (exact) mass is 365 g/mol. The zero-order valence-corrected chi connectivity index (χ0v) is 13.8. The van der Waals surface area contributed by atoms with Gasteiger partial charge in [0.05, 0.1) is 28.9 Å². The van der Waals surface area contributed by atoms with Gasteiger partial charge in [0, 0.05) is 0 Å². The molecule has 0 heterocycles. The third-order valence-corrected chi connectivity index (χ3v) is 3.40. The zero-order chi connectivity index (χ0) is 18.4. The Morgan fingerprint density at radius 1 is 1.08 bits per heavy atom. The third kappa shape index (κ3) is 4.77. The second-order valence-corrected chi connectivity index (χ2v) is 5.19. The number of benzene rings is 2. The molecule has 0 radical (unpaired) electrons. The number of methoxy groups -OCH3 is 1. The van der Waals surface area contributed by atoms with Crippen molar-refractivity contribution in [1.29, 1.82) is 0 Å². The van der Waals surface area contributed by atoms with Crippen molar-refractivity contribution >= 4 is 35.1 Å². The summed E-state index contributed by atoms with van der Waals surface area (Å²) < 4.78 is 22.4. The fourth-order valence-electron chi connectivity index (χ4n) is 1.93. The van der Waals surface area contributed by atoms with E-state index in [1.807, 2.05) is 0 Å². The van der Waals surface area contributed by atoms with Gasteiger partial charge in [-0.25, -0.2) is 14.0 Å². The van der Waals surface area contributed by atoms with Gasteiger partial charge in [0.25, 0.3) is 5.91 Å². The predicted octanol–water partition coefficient (Wildman–Crippen LogP) is 3.06. The normalized spacial score (nSPS) is 10.0. The summed E-state index contributed by atoms with van der Waals surface area (Å²) in [6.45, 7) is -0.609. The number of hydrogen-bond acceptors (Lipinski definition) is 5. The van der Waals surface area contributed by atoms with E-state index in [-0.39, 0.29) is 21.8 Å². The minimum Gasteiger partial charge on any atom is -0.465 e. The van der Waals surface area contributed by atoms with Crippen molar-refractivity contribution in [3.63, 3.8) is 0 Å². The molecule has 0 fully saturated rings. The Bertz CT molecular complexity index is 824. The van der Waals surface area contributed by atoms with Crippen LogP contribution in [0.2, 0.25) is 5.02 Å². The highest BCUT2D eigenvalue weighted by atomic mass is 35.5. The first kappa shape index (κ1) is 18.4. The van der Waals surface area contributed by atoms with Crippen molar-refractivity contribution in [3.8, 4) is 0 Å².